The molecule has 2 N–H and O–H groups in total. The number of carbonyl (C=O) groups excluding carboxylic acids is 2. The molecule has 0 aromatic heterocycles. The summed E-state index contributed by atoms with van der Waals surface area (Å²) in [4.78, 5) is 26.5. The molecule has 4 atom stereocenters. The van der Waals surface area contributed by atoms with E-state index in [0.717, 1.165) is 19.3 Å². The van der Waals surface area contributed by atoms with Gasteiger partial charge in [0.2, 0.25) is 5.91 Å². The Morgan fingerprint density at radius 2 is 1.92 bits per heavy atom. The van der Waals surface area contributed by atoms with Gasteiger partial charge in [-0.25, -0.2) is 4.79 Å². The van der Waals surface area contributed by atoms with Gasteiger partial charge in [-0.1, -0.05) is 38.0 Å². The molecule has 3 rings (SSSR count). The van der Waals surface area contributed by atoms with Crippen molar-refractivity contribution in [2.24, 2.45) is 5.92 Å². The van der Waals surface area contributed by atoms with Crippen LogP contribution in [0.4, 0.5) is 4.79 Å². The van der Waals surface area contributed by atoms with E-state index >= 15 is 0 Å². The van der Waals surface area contributed by atoms with Crippen molar-refractivity contribution in [3.8, 4) is 5.75 Å². The minimum atomic E-state index is -0.706. The van der Waals surface area contributed by atoms with Gasteiger partial charge in [0.25, 0.3) is 0 Å². The van der Waals surface area contributed by atoms with Crippen molar-refractivity contribution in [1.82, 2.24) is 10.2 Å². The van der Waals surface area contributed by atoms with Crippen LogP contribution in [0.3, 0.4) is 0 Å². The van der Waals surface area contributed by atoms with Crippen LogP contribution in [0.15, 0.2) is 30.3 Å². The fourth-order valence-electron chi connectivity index (χ4n) is 3.72. The van der Waals surface area contributed by atoms with Gasteiger partial charge in [0, 0.05) is 12.5 Å². The number of carbonyl (C=O) groups is 2. The monoisotopic (exact) mass is 346 g/mol. The Morgan fingerprint density at radius 1 is 1.20 bits per heavy atom. The lowest BCUT2D eigenvalue weighted by Gasteiger charge is -2.31. The molecule has 1 heterocycles. The first-order valence-electron chi connectivity index (χ1n) is 9.06. The third kappa shape index (κ3) is 4.31. The van der Waals surface area contributed by atoms with Crippen LogP contribution in [0.5, 0.6) is 5.75 Å². The zero-order chi connectivity index (χ0) is 17.8. The number of β-amino-alcohol motifs (C(OH)–C–C–N with tert-alkyl or cyclic N) is 1. The predicted molar refractivity (Wildman–Crippen MR) is 93.1 cm³/mol. The molecule has 2 fully saturated rings. The van der Waals surface area contributed by atoms with Crippen LogP contribution in [0.2, 0.25) is 0 Å². The van der Waals surface area contributed by atoms with Crippen LogP contribution in [0.25, 0.3) is 0 Å². The molecule has 1 aromatic rings. The van der Waals surface area contributed by atoms with Gasteiger partial charge in [0.15, 0.2) is 0 Å². The molecular formula is C19H26N2O4. The summed E-state index contributed by atoms with van der Waals surface area (Å²) in [6.45, 7) is 2.26. The minimum absolute atomic E-state index is 0.115. The lowest BCUT2D eigenvalue weighted by Crippen LogP contribution is -2.51. The molecule has 0 spiro atoms. The topological polar surface area (TPSA) is 78.9 Å². The first kappa shape index (κ1) is 17.7. The largest absolute Gasteiger partial charge is 0.416 e. The highest BCUT2D eigenvalue weighted by atomic mass is 16.6. The number of nitrogens with one attached hydrogen (secondary N) is 1. The number of rotatable bonds is 3. The van der Waals surface area contributed by atoms with Gasteiger partial charge in [-0.2, -0.15) is 0 Å². The number of hydrogen-bond acceptors (Lipinski definition) is 4. The van der Waals surface area contributed by atoms with Gasteiger partial charge >= 0.3 is 6.09 Å². The number of aliphatic hydroxyl groups is 1. The molecule has 1 saturated heterocycles. The Bertz CT molecular complexity index is 607. The highest BCUT2D eigenvalue weighted by Gasteiger charge is 2.41. The second-order valence-corrected chi connectivity index (χ2v) is 7.12. The summed E-state index contributed by atoms with van der Waals surface area (Å²) in [6.07, 6.45) is 3.33. The third-order valence-electron chi connectivity index (χ3n) is 5.20. The van der Waals surface area contributed by atoms with Gasteiger partial charge in [-0.15, -0.1) is 0 Å². The molecular weight excluding hydrogens is 320 g/mol. The second kappa shape index (κ2) is 7.87. The summed E-state index contributed by atoms with van der Waals surface area (Å²) in [6, 6.07) is 8.21. The van der Waals surface area contributed by atoms with E-state index in [0.29, 0.717) is 11.7 Å². The minimum Gasteiger partial charge on any atom is -0.410 e. The molecule has 2 aliphatic rings. The zero-order valence-electron chi connectivity index (χ0n) is 14.6. The van der Waals surface area contributed by atoms with E-state index in [1.165, 1.54) is 11.3 Å². The van der Waals surface area contributed by atoms with Crippen molar-refractivity contribution in [3.05, 3.63) is 30.3 Å². The normalized spacial score (nSPS) is 29.3. The van der Waals surface area contributed by atoms with Gasteiger partial charge < -0.3 is 15.2 Å². The second-order valence-electron chi connectivity index (χ2n) is 7.12. The zero-order valence-corrected chi connectivity index (χ0v) is 14.6. The molecule has 2 amide bonds. The Morgan fingerprint density at radius 3 is 2.64 bits per heavy atom. The van der Waals surface area contributed by atoms with Crippen LogP contribution in [0, 0.1) is 5.92 Å². The van der Waals surface area contributed by atoms with Gasteiger partial charge in [-0.05, 0) is 30.9 Å². The molecule has 1 aromatic carbocycles. The van der Waals surface area contributed by atoms with Crippen LogP contribution < -0.4 is 10.1 Å². The maximum Gasteiger partial charge on any atom is 0.416 e. The number of benzene rings is 1. The lowest BCUT2D eigenvalue weighted by atomic mass is 9.86. The highest BCUT2D eigenvalue weighted by molar-refractivity contribution is 5.87. The maximum atomic E-state index is 12.7. The SMILES string of the molecule is C[C@@H]1CCCC[C@@H]1NC(=O)[C@@H]1C[C@H](O)CN1C(=O)Oc1ccccc1. The number of hydrogen-bond donors (Lipinski definition) is 2. The Balaban J connectivity index is 1.64. The average Bonchev–Trinajstić information content (AvgIpc) is 3.00. The lowest BCUT2D eigenvalue weighted by molar-refractivity contribution is -0.126. The van der Waals surface area contributed by atoms with Crippen molar-refractivity contribution in [2.45, 2.75) is 57.2 Å². The van der Waals surface area contributed by atoms with Crippen LogP contribution in [-0.4, -0.2) is 46.7 Å². The molecule has 1 saturated carbocycles. The molecule has 1 aliphatic heterocycles. The van der Waals surface area contributed by atoms with Crippen LogP contribution >= 0.6 is 0 Å². The maximum absolute atomic E-state index is 12.7. The van der Waals surface area contributed by atoms with Gasteiger partial charge in [0.05, 0.1) is 12.6 Å². The van der Waals surface area contributed by atoms with E-state index in [9.17, 15) is 14.7 Å². The predicted octanol–water partition coefficient (Wildman–Crippen LogP) is 2.32. The number of para-hydroxylation sites is 1. The number of amides is 2. The summed E-state index contributed by atoms with van der Waals surface area (Å²) in [5, 5.41) is 13.0. The summed E-state index contributed by atoms with van der Waals surface area (Å²) < 4.78 is 5.33. The van der Waals surface area contributed by atoms with E-state index in [-0.39, 0.29) is 24.9 Å². The first-order valence-corrected chi connectivity index (χ1v) is 9.06. The standard InChI is InChI=1S/C19H26N2O4/c1-13-7-5-6-10-16(13)20-18(23)17-11-14(22)12-21(17)19(24)25-15-8-3-2-4-9-15/h2-4,8-9,13-14,16-17,22H,5-7,10-12H2,1H3,(H,20,23)/t13-,14+,16+,17+/m1/s1. The van der Waals surface area contributed by atoms with Crippen molar-refractivity contribution < 1.29 is 19.4 Å². The number of likely N-dealkylation sites (tertiary alicyclic amines) is 1. The summed E-state index contributed by atoms with van der Waals surface area (Å²) in [5.41, 5.74) is 0. The Hall–Kier alpha value is -2.08. The van der Waals surface area contributed by atoms with Crippen molar-refractivity contribution in [3.63, 3.8) is 0 Å². The number of ether oxygens (including phenoxy) is 1. The molecule has 136 valence electrons. The molecule has 6 heteroatoms. The summed E-state index contributed by atoms with van der Waals surface area (Å²) >= 11 is 0. The average molecular weight is 346 g/mol. The van der Waals surface area contributed by atoms with Gasteiger partial charge in [-0.3, -0.25) is 9.69 Å². The molecule has 6 nitrogen and oxygen atoms in total. The third-order valence-corrected chi connectivity index (χ3v) is 5.20. The van der Waals surface area contributed by atoms with Crippen molar-refractivity contribution in [2.75, 3.05) is 6.54 Å². The summed E-state index contributed by atoms with van der Waals surface area (Å²) in [5.74, 6) is 0.669. The van der Waals surface area contributed by atoms with Crippen LogP contribution in [-0.2, 0) is 4.79 Å². The van der Waals surface area contributed by atoms with Crippen molar-refractivity contribution >= 4 is 12.0 Å². The molecule has 1 aliphatic carbocycles. The molecule has 25 heavy (non-hydrogen) atoms. The van der Waals surface area contributed by atoms with Gasteiger partial charge in [0.1, 0.15) is 11.8 Å². The van der Waals surface area contributed by atoms with Crippen LogP contribution in [0.1, 0.15) is 39.0 Å². The first-order chi connectivity index (χ1) is 12.0. The number of aliphatic hydroxyl groups excluding tert-OH is 1. The fraction of sp³-hybridized carbons (Fsp3) is 0.579. The quantitative estimate of drug-likeness (QED) is 0.880. The van der Waals surface area contributed by atoms with E-state index in [1.54, 1.807) is 24.3 Å². The summed E-state index contributed by atoms with van der Waals surface area (Å²) in [7, 11) is 0. The molecule has 0 radical (unpaired) electrons. The van der Waals surface area contributed by atoms with E-state index in [2.05, 4.69) is 12.2 Å². The number of nitrogens with zero attached hydrogens (tertiary/aromatic N) is 1. The fourth-order valence-corrected chi connectivity index (χ4v) is 3.72. The Kier molecular flexibility index (Phi) is 5.58. The Labute approximate surface area is 148 Å². The molecule has 0 bridgehead atoms. The van der Waals surface area contributed by atoms with E-state index < -0.39 is 18.2 Å². The van der Waals surface area contributed by atoms with E-state index in [1.807, 2.05) is 6.07 Å². The smallest absolute Gasteiger partial charge is 0.410 e. The van der Waals surface area contributed by atoms with Crippen molar-refractivity contribution in [1.29, 1.82) is 0 Å². The van der Waals surface area contributed by atoms with E-state index in [4.69, 9.17) is 4.74 Å². The molecule has 0 unspecified atom stereocenters. The highest BCUT2D eigenvalue weighted by Crippen LogP contribution is 2.25.